The van der Waals surface area contributed by atoms with E-state index < -0.39 is 35.6 Å². The quantitative estimate of drug-likeness (QED) is 0.282. The number of aliphatic carboxylic acids is 1. The van der Waals surface area contributed by atoms with Gasteiger partial charge >= 0.3 is 5.97 Å². The Labute approximate surface area is 239 Å². The first-order valence-electron chi connectivity index (χ1n) is 12.1. The second kappa shape index (κ2) is 14.3. The maximum Gasteiger partial charge on any atom is 0.328 e. The molecule has 0 bridgehead atoms. The molecule has 39 heavy (non-hydrogen) atoms. The molecule has 2 aromatic carbocycles. The first kappa shape index (κ1) is 30.5. The number of nitrogens with zero attached hydrogens (tertiary/aromatic N) is 1. The minimum atomic E-state index is -1.31. The molecule has 3 rings (SSSR count). The van der Waals surface area contributed by atoms with Crippen LogP contribution in [0.3, 0.4) is 0 Å². The van der Waals surface area contributed by atoms with Crippen molar-refractivity contribution < 1.29 is 28.7 Å². The summed E-state index contributed by atoms with van der Waals surface area (Å²) in [6.45, 7) is 0.355. The van der Waals surface area contributed by atoms with Crippen molar-refractivity contribution in [2.75, 3.05) is 25.9 Å². The van der Waals surface area contributed by atoms with Crippen molar-refractivity contribution in [1.82, 2.24) is 15.5 Å². The lowest BCUT2D eigenvalue weighted by Gasteiger charge is -2.31. The highest BCUT2D eigenvalue weighted by Gasteiger charge is 2.30. The lowest BCUT2D eigenvalue weighted by atomic mass is 9.95. The van der Waals surface area contributed by atoms with E-state index in [4.69, 9.17) is 23.2 Å². The van der Waals surface area contributed by atoms with Gasteiger partial charge in [0.25, 0.3) is 0 Å². The summed E-state index contributed by atoms with van der Waals surface area (Å²) in [5.74, 6) is -3.32. The number of thioether (sulfide) groups is 1. The zero-order valence-corrected chi connectivity index (χ0v) is 23.4. The number of rotatable bonds is 10. The van der Waals surface area contributed by atoms with Crippen LogP contribution < -0.4 is 10.6 Å². The zero-order valence-electron chi connectivity index (χ0n) is 21.1. The molecule has 12 heteroatoms. The lowest BCUT2D eigenvalue weighted by molar-refractivity contribution is -0.142. The van der Waals surface area contributed by atoms with Crippen LogP contribution in [0.4, 0.5) is 4.39 Å². The number of piperidine rings is 1. The van der Waals surface area contributed by atoms with Crippen molar-refractivity contribution in [2.45, 2.75) is 30.2 Å². The fourth-order valence-electron chi connectivity index (χ4n) is 4.02. The van der Waals surface area contributed by atoms with Crippen LogP contribution in [0.15, 0.2) is 47.4 Å². The molecule has 1 aliphatic rings. The molecule has 1 fully saturated rings. The third-order valence-corrected chi connectivity index (χ3v) is 8.06. The highest BCUT2D eigenvalue weighted by molar-refractivity contribution is 7.98. The number of hydrogen-bond acceptors (Lipinski definition) is 5. The SMILES string of the molecule is CSc1ccc(C=CC(=O)N2CCC(C(=O)NC(CNC(=O)Cc3ccc(F)cc3)C(=O)O)CC2)c(Cl)c1Cl. The molecule has 1 atom stereocenters. The van der Waals surface area contributed by atoms with E-state index in [1.807, 2.05) is 12.3 Å². The van der Waals surface area contributed by atoms with Crippen molar-refractivity contribution in [3.8, 4) is 0 Å². The first-order valence-corrected chi connectivity index (χ1v) is 14.1. The molecule has 0 radical (unpaired) electrons. The van der Waals surface area contributed by atoms with Crippen LogP contribution in [0.1, 0.15) is 24.0 Å². The number of carboxylic acid groups (broad SMARTS) is 1. The lowest BCUT2D eigenvalue weighted by Crippen LogP contribution is -2.51. The van der Waals surface area contributed by atoms with Gasteiger partial charge in [-0.25, -0.2) is 9.18 Å². The van der Waals surface area contributed by atoms with Crippen LogP contribution in [0, 0.1) is 11.7 Å². The summed E-state index contributed by atoms with van der Waals surface area (Å²) in [4.78, 5) is 51.6. The summed E-state index contributed by atoms with van der Waals surface area (Å²) in [5.41, 5.74) is 1.19. The number of nitrogens with one attached hydrogen (secondary N) is 2. The normalized spacial score (nSPS) is 14.7. The molecule has 0 aromatic heterocycles. The van der Waals surface area contributed by atoms with Crippen molar-refractivity contribution in [2.24, 2.45) is 5.92 Å². The number of carbonyl (C=O) groups is 4. The Kier molecular flexibility index (Phi) is 11.2. The molecule has 208 valence electrons. The van der Waals surface area contributed by atoms with E-state index in [1.54, 1.807) is 17.0 Å². The number of hydrogen-bond donors (Lipinski definition) is 3. The van der Waals surface area contributed by atoms with Crippen LogP contribution in [-0.2, 0) is 25.6 Å². The van der Waals surface area contributed by atoms with Gasteiger partial charge in [-0.2, -0.15) is 0 Å². The van der Waals surface area contributed by atoms with Crippen molar-refractivity contribution in [3.63, 3.8) is 0 Å². The number of benzene rings is 2. The topological polar surface area (TPSA) is 116 Å². The maximum atomic E-state index is 13.0. The molecule has 2 aromatic rings. The van der Waals surface area contributed by atoms with Gasteiger partial charge in [-0.05, 0) is 54.5 Å². The van der Waals surface area contributed by atoms with E-state index >= 15 is 0 Å². The molecule has 1 aliphatic heterocycles. The molecular formula is C27H28Cl2FN3O5S. The van der Waals surface area contributed by atoms with Gasteiger partial charge in [0.05, 0.1) is 16.5 Å². The van der Waals surface area contributed by atoms with E-state index in [1.165, 1.54) is 42.1 Å². The predicted octanol–water partition coefficient (Wildman–Crippen LogP) is 4.03. The van der Waals surface area contributed by atoms with E-state index in [-0.39, 0.29) is 18.9 Å². The Bertz CT molecular complexity index is 1250. The number of amides is 3. The monoisotopic (exact) mass is 595 g/mol. The van der Waals surface area contributed by atoms with E-state index in [0.717, 1.165) is 4.90 Å². The smallest absolute Gasteiger partial charge is 0.328 e. The van der Waals surface area contributed by atoms with E-state index in [0.29, 0.717) is 47.1 Å². The zero-order chi connectivity index (χ0) is 28.5. The molecule has 0 spiro atoms. The van der Waals surface area contributed by atoms with Crippen LogP contribution in [0.2, 0.25) is 10.0 Å². The summed E-state index contributed by atoms with van der Waals surface area (Å²) in [6.07, 6.45) is 5.57. The molecule has 1 saturated heterocycles. The van der Waals surface area contributed by atoms with E-state index in [2.05, 4.69) is 10.6 Å². The fraction of sp³-hybridized carbons (Fsp3) is 0.333. The number of likely N-dealkylation sites (tertiary alicyclic amines) is 1. The molecule has 3 amide bonds. The van der Waals surface area contributed by atoms with Crippen LogP contribution >= 0.6 is 35.0 Å². The van der Waals surface area contributed by atoms with Gasteiger partial charge in [-0.3, -0.25) is 14.4 Å². The summed E-state index contributed by atoms with van der Waals surface area (Å²) < 4.78 is 13.0. The Morgan fingerprint density at radius 1 is 1.10 bits per heavy atom. The Morgan fingerprint density at radius 2 is 1.77 bits per heavy atom. The summed E-state index contributed by atoms with van der Waals surface area (Å²) >= 11 is 14.0. The van der Waals surface area contributed by atoms with Crippen LogP contribution in [0.25, 0.3) is 6.08 Å². The Morgan fingerprint density at radius 3 is 2.38 bits per heavy atom. The third kappa shape index (κ3) is 8.71. The Hall–Kier alpha value is -3.08. The molecule has 8 nitrogen and oxygen atoms in total. The summed E-state index contributed by atoms with van der Waals surface area (Å²) in [6, 6.07) is 7.69. The fourth-order valence-corrected chi connectivity index (χ4v) is 5.19. The maximum absolute atomic E-state index is 13.0. The van der Waals surface area contributed by atoms with Gasteiger partial charge in [0.15, 0.2) is 0 Å². The molecule has 1 unspecified atom stereocenters. The van der Waals surface area contributed by atoms with Gasteiger partial charge in [0, 0.05) is 36.5 Å². The third-order valence-electron chi connectivity index (χ3n) is 6.28. The standard InChI is InChI=1S/C27H28Cl2FN3O5S/c1-39-21-8-4-17(24(28)25(21)29)5-9-23(35)33-12-10-18(11-13-33)26(36)32-20(27(37)38)15-31-22(34)14-16-2-6-19(30)7-3-16/h2-9,18,20H,10-15H2,1H3,(H,31,34)(H,32,36)(H,37,38). The highest BCUT2D eigenvalue weighted by Crippen LogP contribution is 2.35. The molecule has 0 aliphatic carbocycles. The predicted molar refractivity (Wildman–Crippen MR) is 149 cm³/mol. The van der Waals surface area contributed by atoms with Gasteiger partial charge in [-0.1, -0.05) is 41.4 Å². The van der Waals surface area contributed by atoms with Gasteiger partial charge < -0.3 is 20.6 Å². The number of halogens is 3. The van der Waals surface area contributed by atoms with Gasteiger partial charge in [-0.15, -0.1) is 11.8 Å². The first-order chi connectivity index (χ1) is 18.6. The van der Waals surface area contributed by atoms with Gasteiger partial charge in [0.1, 0.15) is 11.9 Å². The van der Waals surface area contributed by atoms with Crippen molar-refractivity contribution in [3.05, 3.63) is 69.5 Å². The second-order valence-corrected chi connectivity index (χ2v) is 10.5. The second-order valence-electron chi connectivity index (χ2n) is 8.92. The average molecular weight is 597 g/mol. The van der Waals surface area contributed by atoms with Crippen LogP contribution in [-0.4, -0.2) is 65.6 Å². The number of carboxylic acids is 1. The minimum absolute atomic E-state index is 0.0517. The molecular weight excluding hydrogens is 568 g/mol. The van der Waals surface area contributed by atoms with Crippen molar-refractivity contribution >= 4 is 64.7 Å². The summed E-state index contributed by atoms with van der Waals surface area (Å²) in [5, 5.41) is 15.3. The number of carbonyl (C=O) groups excluding carboxylic acids is 3. The van der Waals surface area contributed by atoms with Gasteiger partial charge in [0.2, 0.25) is 17.7 Å². The molecule has 1 heterocycles. The largest absolute Gasteiger partial charge is 0.480 e. The molecule has 3 N–H and O–H groups in total. The van der Waals surface area contributed by atoms with Crippen LogP contribution in [0.5, 0.6) is 0 Å². The van der Waals surface area contributed by atoms with E-state index in [9.17, 15) is 28.7 Å². The minimum Gasteiger partial charge on any atom is -0.480 e. The Balaban J connectivity index is 1.47. The summed E-state index contributed by atoms with van der Waals surface area (Å²) in [7, 11) is 0. The highest BCUT2D eigenvalue weighted by atomic mass is 35.5. The average Bonchev–Trinajstić information content (AvgIpc) is 2.92. The molecule has 0 saturated carbocycles. The van der Waals surface area contributed by atoms with Crippen molar-refractivity contribution in [1.29, 1.82) is 0 Å².